The largest absolute Gasteiger partial charge is 0.389 e. The van der Waals surface area contributed by atoms with Crippen LogP contribution in [0.5, 0.6) is 0 Å². The molecule has 1 aromatic carbocycles. The molecule has 1 aromatic heterocycles. The lowest BCUT2D eigenvalue weighted by atomic mass is 10.1. The van der Waals surface area contributed by atoms with Crippen molar-refractivity contribution in [2.24, 2.45) is 5.73 Å². The summed E-state index contributed by atoms with van der Waals surface area (Å²) in [4.78, 5) is 1.64. The predicted molar refractivity (Wildman–Crippen MR) is 88.3 cm³/mol. The van der Waals surface area contributed by atoms with Gasteiger partial charge in [-0.3, -0.25) is 0 Å². The standard InChI is InChI=1S/C14H15ClN2S2/c1-2-12(13-4-3-7-19-13)17-9-5-6-10(14(16)18)11(15)8-9/h3-8,12,17H,2H2,1H3,(H2,16,18). The van der Waals surface area contributed by atoms with E-state index in [4.69, 9.17) is 29.6 Å². The number of thiophene rings is 1. The smallest absolute Gasteiger partial charge is 0.105 e. The Kier molecular flexibility index (Phi) is 4.80. The van der Waals surface area contributed by atoms with Crippen LogP contribution in [0.3, 0.4) is 0 Å². The average Bonchev–Trinajstić information content (AvgIpc) is 2.89. The van der Waals surface area contributed by atoms with E-state index in [0.717, 1.165) is 12.1 Å². The maximum atomic E-state index is 6.17. The molecule has 0 amide bonds. The second kappa shape index (κ2) is 6.37. The zero-order chi connectivity index (χ0) is 13.8. The molecule has 0 saturated heterocycles. The third-order valence-corrected chi connectivity index (χ3v) is 4.39. The summed E-state index contributed by atoms with van der Waals surface area (Å²) >= 11 is 12.9. The van der Waals surface area contributed by atoms with E-state index >= 15 is 0 Å². The van der Waals surface area contributed by atoms with E-state index in [1.165, 1.54) is 4.88 Å². The Labute approximate surface area is 127 Å². The molecule has 0 aliphatic heterocycles. The first-order chi connectivity index (χ1) is 9.11. The Morgan fingerprint density at radius 2 is 2.26 bits per heavy atom. The van der Waals surface area contributed by atoms with Gasteiger partial charge in [-0.05, 0) is 36.1 Å². The van der Waals surface area contributed by atoms with Crippen LogP contribution in [0.2, 0.25) is 5.02 Å². The Hall–Kier alpha value is -1.10. The van der Waals surface area contributed by atoms with Gasteiger partial charge in [0.15, 0.2) is 0 Å². The summed E-state index contributed by atoms with van der Waals surface area (Å²) in [6.07, 6.45) is 1.01. The van der Waals surface area contributed by atoms with Gasteiger partial charge in [0.1, 0.15) is 4.99 Å². The number of benzene rings is 1. The fraction of sp³-hybridized carbons (Fsp3) is 0.214. The minimum Gasteiger partial charge on any atom is -0.389 e. The van der Waals surface area contributed by atoms with Gasteiger partial charge >= 0.3 is 0 Å². The third kappa shape index (κ3) is 3.47. The minimum atomic E-state index is 0.298. The van der Waals surface area contributed by atoms with Gasteiger partial charge in [0.25, 0.3) is 0 Å². The molecule has 0 radical (unpaired) electrons. The summed E-state index contributed by atoms with van der Waals surface area (Å²) in [7, 11) is 0. The van der Waals surface area contributed by atoms with Crippen LogP contribution in [-0.4, -0.2) is 4.99 Å². The van der Waals surface area contributed by atoms with Crippen molar-refractivity contribution in [3.63, 3.8) is 0 Å². The molecular weight excluding hydrogens is 296 g/mol. The van der Waals surface area contributed by atoms with Crippen LogP contribution in [0, 0.1) is 0 Å². The molecule has 1 unspecified atom stereocenters. The van der Waals surface area contributed by atoms with E-state index in [9.17, 15) is 0 Å². The molecule has 1 atom stereocenters. The third-order valence-electron chi connectivity index (χ3n) is 2.87. The van der Waals surface area contributed by atoms with Crippen LogP contribution in [-0.2, 0) is 0 Å². The highest BCUT2D eigenvalue weighted by Crippen LogP contribution is 2.28. The number of hydrogen-bond acceptors (Lipinski definition) is 3. The Morgan fingerprint density at radius 1 is 1.47 bits per heavy atom. The maximum Gasteiger partial charge on any atom is 0.105 e. The highest BCUT2D eigenvalue weighted by Gasteiger charge is 2.11. The van der Waals surface area contributed by atoms with Crippen LogP contribution in [0.15, 0.2) is 35.7 Å². The minimum absolute atomic E-state index is 0.298. The van der Waals surface area contributed by atoms with Crippen molar-refractivity contribution in [3.8, 4) is 0 Å². The first-order valence-corrected chi connectivity index (χ1v) is 7.67. The van der Waals surface area contributed by atoms with Crippen molar-refractivity contribution in [2.75, 3.05) is 5.32 Å². The van der Waals surface area contributed by atoms with Crippen molar-refractivity contribution >= 4 is 45.8 Å². The van der Waals surface area contributed by atoms with Crippen molar-refractivity contribution in [1.82, 2.24) is 0 Å². The number of nitrogens with two attached hydrogens (primary N) is 1. The summed E-state index contributed by atoms with van der Waals surface area (Å²) in [6.45, 7) is 2.16. The molecule has 0 saturated carbocycles. The van der Waals surface area contributed by atoms with Gasteiger partial charge in [-0.2, -0.15) is 0 Å². The lowest BCUT2D eigenvalue weighted by Gasteiger charge is -2.17. The van der Waals surface area contributed by atoms with Crippen LogP contribution in [0.25, 0.3) is 0 Å². The number of rotatable bonds is 5. The molecule has 2 aromatic rings. The molecule has 0 fully saturated rings. The zero-order valence-electron chi connectivity index (χ0n) is 10.5. The molecule has 0 aliphatic carbocycles. The van der Waals surface area contributed by atoms with E-state index in [2.05, 4.69) is 29.8 Å². The number of thiocarbonyl (C=S) groups is 1. The predicted octanol–water partition coefficient (Wildman–Crippen LogP) is 4.60. The highest BCUT2D eigenvalue weighted by atomic mass is 35.5. The molecule has 3 N–H and O–H groups in total. The zero-order valence-corrected chi connectivity index (χ0v) is 12.9. The first kappa shape index (κ1) is 14.3. The van der Waals surface area contributed by atoms with Gasteiger partial charge in [0.05, 0.1) is 11.1 Å². The van der Waals surface area contributed by atoms with Crippen molar-refractivity contribution in [2.45, 2.75) is 19.4 Å². The topological polar surface area (TPSA) is 38.0 Å². The number of halogens is 1. The summed E-state index contributed by atoms with van der Waals surface area (Å²) in [6, 6.07) is 10.2. The number of anilines is 1. The Balaban J connectivity index is 2.19. The number of nitrogens with one attached hydrogen (secondary N) is 1. The summed E-state index contributed by atoms with van der Waals surface area (Å²) in [5.74, 6) is 0. The molecule has 2 nitrogen and oxygen atoms in total. The van der Waals surface area contributed by atoms with E-state index in [-0.39, 0.29) is 0 Å². The monoisotopic (exact) mass is 310 g/mol. The molecule has 1 heterocycles. The van der Waals surface area contributed by atoms with Gasteiger partial charge < -0.3 is 11.1 Å². The first-order valence-electron chi connectivity index (χ1n) is 6.01. The quantitative estimate of drug-likeness (QED) is 0.793. The van der Waals surface area contributed by atoms with Crippen molar-refractivity contribution in [1.29, 1.82) is 0 Å². The highest BCUT2D eigenvalue weighted by molar-refractivity contribution is 7.80. The summed E-state index contributed by atoms with van der Waals surface area (Å²) in [5.41, 5.74) is 7.29. The van der Waals surface area contributed by atoms with Gasteiger partial charge in [-0.25, -0.2) is 0 Å². The van der Waals surface area contributed by atoms with E-state index in [1.54, 1.807) is 11.3 Å². The van der Waals surface area contributed by atoms with Crippen molar-refractivity contribution < 1.29 is 0 Å². The molecule has 0 bridgehead atoms. The second-order valence-electron chi connectivity index (χ2n) is 4.18. The van der Waals surface area contributed by atoms with Crippen LogP contribution in [0.1, 0.15) is 29.8 Å². The van der Waals surface area contributed by atoms with Gasteiger partial charge in [0.2, 0.25) is 0 Å². The normalized spacial score (nSPS) is 12.1. The summed E-state index contributed by atoms with van der Waals surface area (Å²) < 4.78 is 0. The molecular formula is C14H15ClN2S2. The van der Waals surface area contributed by atoms with Gasteiger partial charge in [-0.15, -0.1) is 11.3 Å². The van der Waals surface area contributed by atoms with E-state index in [0.29, 0.717) is 21.6 Å². The molecule has 0 spiro atoms. The van der Waals surface area contributed by atoms with E-state index in [1.807, 2.05) is 18.2 Å². The molecule has 0 aliphatic rings. The van der Waals surface area contributed by atoms with Crippen molar-refractivity contribution in [3.05, 3.63) is 51.2 Å². The SMILES string of the molecule is CCC(Nc1ccc(C(N)=S)c(Cl)c1)c1cccs1. The molecule has 2 rings (SSSR count). The summed E-state index contributed by atoms with van der Waals surface area (Å²) in [5, 5.41) is 6.15. The van der Waals surface area contributed by atoms with Crippen LogP contribution >= 0.6 is 35.2 Å². The molecule has 19 heavy (non-hydrogen) atoms. The fourth-order valence-corrected chi connectivity index (χ4v) is 3.25. The average molecular weight is 311 g/mol. The maximum absolute atomic E-state index is 6.17. The van der Waals surface area contributed by atoms with Crippen LogP contribution < -0.4 is 11.1 Å². The lowest BCUT2D eigenvalue weighted by molar-refractivity contribution is 0.764. The number of hydrogen-bond donors (Lipinski definition) is 2. The fourth-order valence-electron chi connectivity index (χ4n) is 1.87. The van der Waals surface area contributed by atoms with Gasteiger partial charge in [-0.1, -0.05) is 36.8 Å². The second-order valence-corrected chi connectivity index (χ2v) is 6.01. The Morgan fingerprint density at radius 3 is 2.79 bits per heavy atom. The molecule has 5 heteroatoms. The lowest BCUT2D eigenvalue weighted by Crippen LogP contribution is -2.11. The Bertz CT molecular complexity index is 567. The molecule has 100 valence electrons. The van der Waals surface area contributed by atoms with Crippen LogP contribution in [0.4, 0.5) is 5.69 Å². The van der Waals surface area contributed by atoms with Gasteiger partial charge in [0, 0.05) is 16.1 Å². The van der Waals surface area contributed by atoms with E-state index < -0.39 is 0 Å².